The van der Waals surface area contributed by atoms with Crippen molar-refractivity contribution < 1.29 is 0 Å². The first-order valence-electron chi connectivity index (χ1n) is 14.4. The fourth-order valence-electron chi connectivity index (χ4n) is 5.87. The van der Waals surface area contributed by atoms with Gasteiger partial charge in [0.15, 0.2) is 3.84 Å². The summed E-state index contributed by atoms with van der Waals surface area (Å²) < 4.78 is 4.92. The molecule has 2 heterocycles. The number of para-hydroxylation sites is 1. The molecule has 0 saturated heterocycles. The van der Waals surface area contributed by atoms with Gasteiger partial charge in [0, 0.05) is 20.5 Å². The van der Waals surface area contributed by atoms with E-state index in [9.17, 15) is 0 Å². The van der Waals surface area contributed by atoms with Crippen LogP contribution in [0.25, 0.3) is 55.2 Å². The Morgan fingerprint density at radius 1 is 0.419 bits per heavy atom. The molecule has 0 unspecified atom stereocenters. The number of fused-ring (bicyclic) bond motifs is 3. The molecule has 8 rings (SSSR count). The summed E-state index contributed by atoms with van der Waals surface area (Å²) >= 11 is -0.539. The maximum absolute atomic E-state index is 5.00. The first kappa shape index (κ1) is 25.8. The standard InChI is InChI=1S/C40H27IN2/c1-3-10-28(11-4-1)30-18-20-31(21-19-30)32-14-9-15-34(26-32)37-24-25-42-40(41-37)43-38-17-8-7-16-35(38)36-23-22-33(27-39(36)43)29-12-5-2-6-13-29/h1-27H. The van der Waals surface area contributed by atoms with Crippen LogP contribution in [-0.2, 0) is 0 Å². The molecule has 7 aromatic rings. The van der Waals surface area contributed by atoms with Crippen LogP contribution in [0.2, 0.25) is 0 Å². The highest BCUT2D eigenvalue weighted by Crippen LogP contribution is 2.35. The smallest absolute Gasteiger partial charge is 0.171 e. The van der Waals surface area contributed by atoms with Gasteiger partial charge >= 0.3 is 0 Å². The normalized spacial score (nSPS) is 13.0. The van der Waals surface area contributed by atoms with E-state index in [0.717, 1.165) is 3.84 Å². The van der Waals surface area contributed by atoms with Gasteiger partial charge in [-0.2, -0.15) is 0 Å². The molecule has 0 fully saturated rings. The Balaban J connectivity index is 1.19. The molecule has 0 radical (unpaired) electrons. The Kier molecular flexibility index (Phi) is 6.65. The quantitative estimate of drug-likeness (QED) is 0.167. The fraction of sp³-hybridized carbons (Fsp3) is 0. The van der Waals surface area contributed by atoms with Crippen molar-refractivity contribution in [2.45, 2.75) is 0 Å². The molecule has 0 bridgehead atoms. The fourth-order valence-corrected chi connectivity index (χ4v) is 8.44. The molecule has 2 nitrogen and oxygen atoms in total. The molecule has 0 N–H and O–H groups in total. The van der Waals surface area contributed by atoms with Crippen molar-refractivity contribution in [1.82, 2.24) is 4.57 Å². The van der Waals surface area contributed by atoms with Crippen LogP contribution in [0.4, 0.5) is 0 Å². The maximum Gasteiger partial charge on any atom is 0.171 e. The van der Waals surface area contributed by atoms with E-state index in [1.165, 1.54) is 64.3 Å². The maximum atomic E-state index is 5.00. The third-order valence-corrected chi connectivity index (χ3v) is 10.8. The Morgan fingerprint density at radius 2 is 0.953 bits per heavy atom. The molecular formula is C40H27IN2. The van der Waals surface area contributed by atoms with Gasteiger partial charge < -0.3 is 0 Å². The zero-order valence-electron chi connectivity index (χ0n) is 23.4. The minimum atomic E-state index is -0.539. The number of rotatable bonds is 4. The Bertz CT molecular complexity index is 2200. The Labute approximate surface area is 261 Å². The van der Waals surface area contributed by atoms with Gasteiger partial charge in [0.05, 0.1) is 11.0 Å². The van der Waals surface area contributed by atoms with E-state index in [1.807, 2.05) is 6.20 Å². The molecule has 0 spiro atoms. The Hall–Kier alpha value is -4.87. The van der Waals surface area contributed by atoms with Crippen LogP contribution in [0.15, 0.2) is 169 Å². The van der Waals surface area contributed by atoms with E-state index in [0.29, 0.717) is 0 Å². The second-order valence-electron chi connectivity index (χ2n) is 10.6. The lowest BCUT2D eigenvalue weighted by Gasteiger charge is -2.13. The lowest BCUT2D eigenvalue weighted by Crippen LogP contribution is -2.09. The van der Waals surface area contributed by atoms with E-state index in [1.54, 1.807) is 0 Å². The minimum absolute atomic E-state index is 0.539. The molecule has 1 aliphatic heterocycles. The number of aliphatic imine (C=N–C) groups is 1. The second kappa shape index (κ2) is 11.1. The molecule has 43 heavy (non-hydrogen) atoms. The van der Waals surface area contributed by atoms with Crippen LogP contribution >= 0.6 is 20.7 Å². The first-order valence-corrected chi connectivity index (χ1v) is 16.6. The summed E-state index contributed by atoms with van der Waals surface area (Å²) in [7, 11) is 0. The van der Waals surface area contributed by atoms with Crippen LogP contribution in [0.3, 0.4) is 0 Å². The average molecular weight is 663 g/mol. The molecule has 0 atom stereocenters. The molecule has 0 saturated carbocycles. The summed E-state index contributed by atoms with van der Waals surface area (Å²) in [4.78, 5) is 5.00. The van der Waals surface area contributed by atoms with Crippen LogP contribution < -0.4 is 0 Å². The number of benzene rings is 6. The van der Waals surface area contributed by atoms with E-state index in [2.05, 4.69) is 162 Å². The highest BCUT2D eigenvalue weighted by atomic mass is 127. The molecule has 0 aliphatic carbocycles. The molecule has 0 amide bonds. The van der Waals surface area contributed by atoms with Crippen LogP contribution in [0.5, 0.6) is 0 Å². The predicted octanol–water partition coefficient (Wildman–Crippen LogP) is 10.7. The summed E-state index contributed by atoms with van der Waals surface area (Å²) in [6.45, 7) is 0. The number of halogens is 1. The van der Waals surface area contributed by atoms with Crippen LogP contribution in [0, 0.1) is 0 Å². The highest BCUT2D eigenvalue weighted by Gasteiger charge is 2.17. The second-order valence-corrected chi connectivity index (χ2v) is 13.3. The number of aromatic nitrogens is 1. The number of nitrogens with zero attached hydrogens (tertiary/aromatic N) is 2. The lowest BCUT2D eigenvalue weighted by molar-refractivity contribution is 1.30. The van der Waals surface area contributed by atoms with Gasteiger partial charge in [0.25, 0.3) is 0 Å². The largest absolute Gasteiger partial charge is 0.289 e. The summed E-state index contributed by atoms with van der Waals surface area (Å²) in [6.07, 6.45) is 4.19. The van der Waals surface area contributed by atoms with Crippen LogP contribution in [-0.4, -0.2) is 11.9 Å². The minimum Gasteiger partial charge on any atom is -0.289 e. The van der Waals surface area contributed by atoms with E-state index in [4.69, 9.17) is 4.99 Å². The van der Waals surface area contributed by atoms with Gasteiger partial charge in [-0.15, -0.1) is 0 Å². The van der Waals surface area contributed by atoms with Gasteiger partial charge in [-0.25, -0.2) is 4.99 Å². The number of hydrogen-bond acceptors (Lipinski definition) is 1. The third kappa shape index (κ3) is 4.86. The average Bonchev–Trinajstić information content (AvgIpc) is 3.43. The van der Waals surface area contributed by atoms with Crippen molar-refractivity contribution in [2.75, 3.05) is 0 Å². The van der Waals surface area contributed by atoms with Gasteiger partial charge in [0.1, 0.15) is 0 Å². The molecular weight excluding hydrogens is 635 g/mol. The summed E-state index contributed by atoms with van der Waals surface area (Å²) in [5, 5.41) is 2.53. The molecule has 3 heteroatoms. The van der Waals surface area contributed by atoms with Crippen molar-refractivity contribution >= 4 is 49.9 Å². The lowest BCUT2D eigenvalue weighted by atomic mass is 9.98. The summed E-state index contributed by atoms with van der Waals surface area (Å²) in [5.41, 5.74) is 11.1. The Morgan fingerprint density at radius 3 is 1.72 bits per heavy atom. The number of allylic oxidation sites excluding steroid dienone is 1. The van der Waals surface area contributed by atoms with Crippen molar-refractivity contribution in [3.05, 3.63) is 169 Å². The predicted molar refractivity (Wildman–Crippen MR) is 192 cm³/mol. The summed E-state index contributed by atoms with van der Waals surface area (Å²) in [5.74, 6) is 0. The molecule has 204 valence electrons. The molecule has 1 aliphatic rings. The van der Waals surface area contributed by atoms with E-state index >= 15 is 0 Å². The van der Waals surface area contributed by atoms with Gasteiger partial charge in [0.2, 0.25) is 0 Å². The van der Waals surface area contributed by atoms with Gasteiger partial charge in [-0.1, -0.05) is 133 Å². The number of hydrogen-bond donors (Lipinski definition) is 0. The van der Waals surface area contributed by atoms with Crippen molar-refractivity contribution in [3.8, 4) is 33.4 Å². The van der Waals surface area contributed by atoms with E-state index in [-0.39, 0.29) is 0 Å². The van der Waals surface area contributed by atoms with Crippen molar-refractivity contribution in [1.29, 1.82) is 0 Å². The molecule has 1 aromatic heterocycles. The van der Waals surface area contributed by atoms with Crippen molar-refractivity contribution in [3.63, 3.8) is 0 Å². The summed E-state index contributed by atoms with van der Waals surface area (Å²) in [6, 6.07) is 54.6. The third-order valence-electron chi connectivity index (χ3n) is 8.02. The van der Waals surface area contributed by atoms with Gasteiger partial charge in [-0.05, 0) is 84.0 Å². The zero-order chi connectivity index (χ0) is 28.6. The first-order chi connectivity index (χ1) is 21.3. The zero-order valence-corrected chi connectivity index (χ0v) is 25.5. The van der Waals surface area contributed by atoms with Gasteiger partial charge in [-0.3, -0.25) is 4.57 Å². The monoisotopic (exact) mass is 662 g/mol. The highest BCUT2D eigenvalue weighted by molar-refractivity contribution is 14.2. The molecule has 6 aromatic carbocycles. The van der Waals surface area contributed by atoms with E-state index < -0.39 is 20.7 Å². The SMILES string of the molecule is C1=CC(c2cccc(-c3ccc(-c4ccccc4)cc3)c2)=IC(n2c3ccccc3c3ccc(-c4ccccc4)cc32)=N1. The topological polar surface area (TPSA) is 17.3 Å². The van der Waals surface area contributed by atoms with Crippen molar-refractivity contribution in [2.24, 2.45) is 4.99 Å². The van der Waals surface area contributed by atoms with Crippen LogP contribution in [0.1, 0.15) is 5.56 Å².